The van der Waals surface area contributed by atoms with E-state index in [0.29, 0.717) is 6.42 Å². The Labute approximate surface area is 144 Å². The topological polar surface area (TPSA) is 40.6 Å². The van der Waals surface area contributed by atoms with E-state index >= 15 is 0 Å². The Morgan fingerprint density at radius 2 is 1.43 bits per heavy atom. The smallest absolute Gasteiger partial charge is 0.231 e. The van der Waals surface area contributed by atoms with Gasteiger partial charge in [-0.15, -0.1) is 0 Å². The summed E-state index contributed by atoms with van der Waals surface area (Å²) in [6.07, 6.45) is 0.326. The molecule has 0 heterocycles. The number of benzene rings is 2. The average molecular weight is 375 g/mol. The van der Waals surface area contributed by atoms with E-state index in [2.05, 4.69) is 15.9 Å². The van der Waals surface area contributed by atoms with Crippen LogP contribution in [0.2, 0.25) is 0 Å². The number of amides is 2. The molecular formula is C18H19BrN2O2. The largest absolute Gasteiger partial charge is 0.316 e. The molecule has 0 saturated carbocycles. The summed E-state index contributed by atoms with van der Waals surface area (Å²) in [5, 5.41) is 0. The summed E-state index contributed by atoms with van der Waals surface area (Å²) in [5.41, 5.74) is 2.55. The number of carbonyl (C=O) groups is 2. The fourth-order valence-corrected chi connectivity index (χ4v) is 2.57. The van der Waals surface area contributed by atoms with Crippen LogP contribution in [0, 0.1) is 0 Å². The van der Waals surface area contributed by atoms with Gasteiger partial charge in [0, 0.05) is 36.9 Å². The van der Waals surface area contributed by atoms with Crippen LogP contribution in [-0.2, 0) is 16.0 Å². The van der Waals surface area contributed by atoms with Crippen molar-refractivity contribution >= 4 is 39.1 Å². The standard InChI is InChI=1S/C18H19BrN2O2/c1-13(22)20(2)15-8-10-16(11-9-15)21(3)18(23)12-14-6-4-5-7-17(14)19/h4-11H,12H2,1-3H3. The first kappa shape index (κ1) is 17.2. The van der Waals surface area contributed by atoms with Crippen molar-refractivity contribution in [1.82, 2.24) is 0 Å². The van der Waals surface area contributed by atoms with Crippen LogP contribution < -0.4 is 9.80 Å². The van der Waals surface area contributed by atoms with E-state index in [-0.39, 0.29) is 11.8 Å². The minimum atomic E-state index is -0.0314. The van der Waals surface area contributed by atoms with Gasteiger partial charge in [0.1, 0.15) is 0 Å². The fourth-order valence-electron chi connectivity index (χ4n) is 2.15. The van der Waals surface area contributed by atoms with Gasteiger partial charge in [-0.25, -0.2) is 0 Å². The van der Waals surface area contributed by atoms with E-state index in [0.717, 1.165) is 21.4 Å². The molecule has 0 aliphatic carbocycles. The molecule has 0 atom stereocenters. The maximum absolute atomic E-state index is 12.4. The van der Waals surface area contributed by atoms with Crippen molar-refractivity contribution in [3.63, 3.8) is 0 Å². The average Bonchev–Trinajstić information content (AvgIpc) is 2.55. The molecular weight excluding hydrogens is 356 g/mol. The zero-order valence-electron chi connectivity index (χ0n) is 13.4. The van der Waals surface area contributed by atoms with Crippen molar-refractivity contribution in [3.05, 3.63) is 58.6 Å². The molecule has 5 heteroatoms. The molecule has 2 amide bonds. The van der Waals surface area contributed by atoms with E-state index in [1.165, 1.54) is 6.92 Å². The van der Waals surface area contributed by atoms with Crippen molar-refractivity contribution in [2.75, 3.05) is 23.9 Å². The van der Waals surface area contributed by atoms with Crippen LogP contribution in [0.15, 0.2) is 53.0 Å². The molecule has 0 aliphatic rings. The van der Waals surface area contributed by atoms with Crippen LogP contribution >= 0.6 is 15.9 Å². The van der Waals surface area contributed by atoms with Gasteiger partial charge in [-0.1, -0.05) is 34.1 Å². The third kappa shape index (κ3) is 4.20. The predicted molar refractivity (Wildman–Crippen MR) is 96.8 cm³/mol. The highest BCUT2D eigenvalue weighted by Gasteiger charge is 2.14. The third-order valence-corrected chi connectivity index (χ3v) is 4.54. The number of hydrogen-bond acceptors (Lipinski definition) is 2. The molecule has 4 nitrogen and oxygen atoms in total. The molecule has 0 spiro atoms. The van der Waals surface area contributed by atoms with Crippen molar-refractivity contribution in [3.8, 4) is 0 Å². The molecule has 0 saturated heterocycles. The van der Waals surface area contributed by atoms with Gasteiger partial charge >= 0.3 is 0 Å². The number of likely N-dealkylation sites (N-methyl/N-ethyl adjacent to an activating group) is 1. The summed E-state index contributed by atoms with van der Waals surface area (Å²) >= 11 is 3.46. The third-order valence-electron chi connectivity index (χ3n) is 3.77. The number of rotatable bonds is 4. The fraction of sp³-hybridized carbons (Fsp3) is 0.222. The molecule has 0 N–H and O–H groups in total. The zero-order chi connectivity index (χ0) is 17.0. The lowest BCUT2D eigenvalue weighted by Gasteiger charge is -2.20. The molecule has 120 valence electrons. The normalized spacial score (nSPS) is 10.3. The molecule has 0 aliphatic heterocycles. The lowest BCUT2D eigenvalue weighted by Crippen LogP contribution is -2.28. The summed E-state index contributed by atoms with van der Waals surface area (Å²) in [7, 11) is 3.47. The number of halogens is 1. The van der Waals surface area contributed by atoms with E-state index < -0.39 is 0 Å². The summed E-state index contributed by atoms with van der Waals surface area (Å²) in [6.45, 7) is 1.52. The summed E-state index contributed by atoms with van der Waals surface area (Å²) in [5.74, 6) is -0.0271. The second-order valence-electron chi connectivity index (χ2n) is 5.32. The van der Waals surface area contributed by atoms with Gasteiger partial charge in [0.15, 0.2) is 0 Å². The lowest BCUT2D eigenvalue weighted by atomic mass is 10.1. The molecule has 23 heavy (non-hydrogen) atoms. The van der Waals surface area contributed by atoms with Gasteiger partial charge in [0.25, 0.3) is 0 Å². The molecule has 0 bridgehead atoms. The summed E-state index contributed by atoms with van der Waals surface area (Å²) < 4.78 is 0.931. The van der Waals surface area contributed by atoms with Crippen LogP contribution in [0.3, 0.4) is 0 Å². The number of nitrogens with zero attached hydrogens (tertiary/aromatic N) is 2. The number of hydrogen-bond donors (Lipinski definition) is 0. The van der Waals surface area contributed by atoms with Gasteiger partial charge in [-0.2, -0.15) is 0 Å². The molecule has 2 aromatic carbocycles. The Kier molecular flexibility index (Phi) is 5.55. The first-order valence-electron chi connectivity index (χ1n) is 7.24. The van der Waals surface area contributed by atoms with E-state index in [1.807, 2.05) is 48.5 Å². The van der Waals surface area contributed by atoms with E-state index in [9.17, 15) is 9.59 Å². The van der Waals surface area contributed by atoms with Crippen LogP contribution in [-0.4, -0.2) is 25.9 Å². The Morgan fingerprint density at radius 3 is 1.96 bits per heavy atom. The molecule has 0 aromatic heterocycles. The maximum atomic E-state index is 12.4. The van der Waals surface area contributed by atoms with Gasteiger partial charge in [-0.3, -0.25) is 9.59 Å². The van der Waals surface area contributed by atoms with E-state index in [4.69, 9.17) is 0 Å². The first-order chi connectivity index (χ1) is 10.9. The number of carbonyl (C=O) groups excluding carboxylic acids is 2. The van der Waals surface area contributed by atoms with Crippen LogP contribution in [0.5, 0.6) is 0 Å². The van der Waals surface area contributed by atoms with Gasteiger partial charge in [-0.05, 0) is 35.9 Å². The highest BCUT2D eigenvalue weighted by atomic mass is 79.9. The highest BCUT2D eigenvalue weighted by molar-refractivity contribution is 9.10. The van der Waals surface area contributed by atoms with Crippen LogP contribution in [0.25, 0.3) is 0 Å². The quantitative estimate of drug-likeness (QED) is 0.819. The second kappa shape index (κ2) is 7.42. The highest BCUT2D eigenvalue weighted by Crippen LogP contribution is 2.22. The molecule has 0 radical (unpaired) electrons. The van der Waals surface area contributed by atoms with E-state index in [1.54, 1.807) is 23.9 Å². The summed E-state index contributed by atoms with van der Waals surface area (Å²) in [4.78, 5) is 27.0. The van der Waals surface area contributed by atoms with Crippen LogP contribution in [0.1, 0.15) is 12.5 Å². The summed E-state index contributed by atoms with van der Waals surface area (Å²) in [6, 6.07) is 15.0. The van der Waals surface area contributed by atoms with Crippen molar-refractivity contribution in [1.29, 1.82) is 0 Å². The zero-order valence-corrected chi connectivity index (χ0v) is 15.0. The van der Waals surface area contributed by atoms with Crippen LogP contribution in [0.4, 0.5) is 11.4 Å². The van der Waals surface area contributed by atoms with Crippen molar-refractivity contribution < 1.29 is 9.59 Å². The molecule has 2 rings (SSSR count). The minimum Gasteiger partial charge on any atom is -0.316 e. The predicted octanol–water partition coefficient (Wildman–Crippen LogP) is 3.64. The molecule has 2 aromatic rings. The van der Waals surface area contributed by atoms with Gasteiger partial charge in [0.2, 0.25) is 11.8 Å². The molecule has 0 fully saturated rings. The van der Waals surface area contributed by atoms with Gasteiger partial charge < -0.3 is 9.80 Å². The van der Waals surface area contributed by atoms with Gasteiger partial charge in [0.05, 0.1) is 6.42 Å². The Bertz CT molecular complexity index is 713. The monoisotopic (exact) mass is 374 g/mol. The molecule has 0 unspecified atom stereocenters. The first-order valence-corrected chi connectivity index (χ1v) is 8.03. The Morgan fingerprint density at radius 1 is 0.913 bits per heavy atom. The Hall–Kier alpha value is -2.14. The van der Waals surface area contributed by atoms with Crippen molar-refractivity contribution in [2.24, 2.45) is 0 Å². The second-order valence-corrected chi connectivity index (χ2v) is 6.17. The van der Waals surface area contributed by atoms with Crippen molar-refractivity contribution in [2.45, 2.75) is 13.3 Å². The minimum absolute atomic E-state index is 0.00423. The lowest BCUT2D eigenvalue weighted by molar-refractivity contribution is -0.118. The number of anilines is 2. The Balaban J connectivity index is 2.10. The maximum Gasteiger partial charge on any atom is 0.231 e. The SMILES string of the molecule is CC(=O)N(C)c1ccc(N(C)C(=O)Cc2ccccc2Br)cc1.